The molecule has 0 unspecified atom stereocenters. The minimum atomic E-state index is -0.0659. The van der Waals surface area contributed by atoms with Crippen LogP contribution in [0, 0.1) is 6.92 Å². The number of nitrogens with zero attached hydrogens (tertiary/aromatic N) is 1. The van der Waals surface area contributed by atoms with Gasteiger partial charge in [0.05, 0.1) is 16.1 Å². The molecule has 0 saturated carbocycles. The third-order valence-electron chi connectivity index (χ3n) is 2.96. The van der Waals surface area contributed by atoms with Gasteiger partial charge in [-0.3, -0.25) is 9.78 Å². The van der Waals surface area contributed by atoms with Crippen molar-refractivity contribution in [2.45, 2.75) is 6.92 Å². The smallest absolute Gasteiger partial charge is 0.266 e. The van der Waals surface area contributed by atoms with Gasteiger partial charge < -0.3 is 5.32 Å². The average Bonchev–Trinajstić information content (AvgIpc) is 2.85. The van der Waals surface area contributed by atoms with E-state index in [1.807, 2.05) is 48.7 Å². The lowest BCUT2D eigenvalue weighted by Gasteiger charge is -2.07. The molecule has 0 radical (unpaired) electrons. The summed E-state index contributed by atoms with van der Waals surface area (Å²) in [5.41, 5.74) is 2.67. The summed E-state index contributed by atoms with van der Waals surface area (Å²) in [6.45, 7) is 1.94. The van der Waals surface area contributed by atoms with Crippen LogP contribution in [0.1, 0.15) is 15.2 Å². The number of carbonyl (C=O) groups excluding carboxylic acids is 1. The van der Waals surface area contributed by atoms with E-state index in [2.05, 4.69) is 10.3 Å². The Bertz CT molecular complexity index is 743. The molecular weight excluding hydrogens is 256 g/mol. The summed E-state index contributed by atoms with van der Waals surface area (Å²) >= 11 is 1.45. The minimum absolute atomic E-state index is 0.0659. The van der Waals surface area contributed by atoms with E-state index in [4.69, 9.17) is 0 Å². The van der Waals surface area contributed by atoms with E-state index >= 15 is 0 Å². The Morgan fingerprint density at radius 3 is 2.89 bits per heavy atom. The summed E-state index contributed by atoms with van der Waals surface area (Å²) in [6.07, 6.45) is 1.75. The monoisotopic (exact) mass is 268 g/mol. The van der Waals surface area contributed by atoms with Gasteiger partial charge in [-0.05, 0) is 48.2 Å². The Hall–Kier alpha value is -2.20. The van der Waals surface area contributed by atoms with E-state index in [1.165, 1.54) is 11.3 Å². The van der Waals surface area contributed by atoms with Crippen LogP contribution in [-0.4, -0.2) is 10.9 Å². The van der Waals surface area contributed by atoms with E-state index in [-0.39, 0.29) is 5.91 Å². The van der Waals surface area contributed by atoms with E-state index in [9.17, 15) is 4.79 Å². The standard InChI is InChI=1S/C15H12N2OS/c1-10-7-9-19-14(10)15(18)17-13-6-2-5-12-11(13)4-3-8-16-12/h2-9H,1H3,(H,17,18). The molecule has 1 N–H and O–H groups in total. The molecule has 2 heterocycles. The van der Waals surface area contributed by atoms with Crippen LogP contribution in [0.4, 0.5) is 5.69 Å². The molecule has 3 rings (SSSR count). The zero-order chi connectivity index (χ0) is 13.2. The zero-order valence-corrected chi connectivity index (χ0v) is 11.2. The molecular formula is C15H12N2OS. The van der Waals surface area contributed by atoms with Gasteiger partial charge in [0.1, 0.15) is 0 Å². The predicted octanol–water partition coefficient (Wildman–Crippen LogP) is 3.86. The van der Waals surface area contributed by atoms with E-state index in [0.29, 0.717) is 0 Å². The number of anilines is 1. The molecule has 19 heavy (non-hydrogen) atoms. The molecule has 0 aliphatic heterocycles. The number of hydrogen-bond donors (Lipinski definition) is 1. The van der Waals surface area contributed by atoms with Crippen LogP contribution < -0.4 is 5.32 Å². The Morgan fingerprint density at radius 1 is 1.21 bits per heavy atom. The number of hydrogen-bond acceptors (Lipinski definition) is 3. The topological polar surface area (TPSA) is 42.0 Å². The number of pyridine rings is 1. The molecule has 0 aliphatic rings. The first-order chi connectivity index (χ1) is 9.25. The summed E-state index contributed by atoms with van der Waals surface area (Å²) < 4.78 is 0. The summed E-state index contributed by atoms with van der Waals surface area (Å²) in [5.74, 6) is -0.0659. The highest BCUT2D eigenvalue weighted by molar-refractivity contribution is 7.12. The number of rotatable bonds is 2. The molecule has 0 spiro atoms. The number of benzene rings is 1. The van der Waals surface area contributed by atoms with Crippen molar-refractivity contribution in [1.82, 2.24) is 4.98 Å². The molecule has 0 bridgehead atoms. The second-order valence-electron chi connectivity index (χ2n) is 4.26. The van der Waals surface area contributed by atoms with Gasteiger partial charge in [-0.15, -0.1) is 11.3 Å². The number of nitrogens with one attached hydrogen (secondary N) is 1. The fraction of sp³-hybridized carbons (Fsp3) is 0.0667. The van der Waals surface area contributed by atoms with Crippen molar-refractivity contribution in [2.24, 2.45) is 0 Å². The summed E-state index contributed by atoms with van der Waals surface area (Å²) in [4.78, 5) is 17.3. The van der Waals surface area contributed by atoms with Gasteiger partial charge in [0, 0.05) is 11.6 Å². The first-order valence-corrected chi connectivity index (χ1v) is 6.83. The maximum absolute atomic E-state index is 12.2. The van der Waals surface area contributed by atoms with Crippen LogP contribution in [0.3, 0.4) is 0 Å². The lowest BCUT2D eigenvalue weighted by Crippen LogP contribution is -2.11. The molecule has 0 aliphatic carbocycles. The average molecular weight is 268 g/mol. The number of amides is 1. The molecule has 0 fully saturated rings. The first-order valence-electron chi connectivity index (χ1n) is 5.95. The van der Waals surface area contributed by atoms with E-state index in [0.717, 1.165) is 27.0 Å². The molecule has 3 nitrogen and oxygen atoms in total. The number of thiophene rings is 1. The third-order valence-corrected chi connectivity index (χ3v) is 3.98. The Morgan fingerprint density at radius 2 is 2.11 bits per heavy atom. The summed E-state index contributed by atoms with van der Waals surface area (Å²) in [5, 5.41) is 5.84. The summed E-state index contributed by atoms with van der Waals surface area (Å²) in [7, 11) is 0. The lowest BCUT2D eigenvalue weighted by molar-refractivity contribution is 0.103. The molecule has 1 amide bonds. The van der Waals surface area contributed by atoms with Crippen LogP contribution >= 0.6 is 11.3 Å². The summed E-state index contributed by atoms with van der Waals surface area (Å²) in [6, 6.07) is 11.5. The van der Waals surface area contributed by atoms with Crippen molar-refractivity contribution >= 4 is 33.8 Å². The number of aryl methyl sites for hydroxylation is 1. The van der Waals surface area contributed by atoms with Crippen molar-refractivity contribution in [2.75, 3.05) is 5.32 Å². The van der Waals surface area contributed by atoms with Gasteiger partial charge in [0.25, 0.3) is 5.91 Å². The van der Waals surface area contributed by atoms with Crippen molar-refractivity contribution in [3.8, 4) is 0 Å². The van der Waals surface area contributed by atoms with Gasteiger partial charge in [0.2, 0.25) is 0 Å². The van der Waals surface area contributed by atoms with Crippen LogP contribution in [0.2, 0.25) is 0 Å². The van der Waals surface area contributed by atoms with Crippen LogP contribution in [0.15, 0.2) is 48.0 Å². The van der Waals surface area contributed by atoms with Gasteiger partial charge in [0.15, 0.2) is 0 Å². The quantitative estimate of drug-likeness (QED) is 0.767. The van der Waals surface area contributed by atoms with Crippen molar-refractivity contribution in [3.63, 3.8) is 0 Å². The molecule has 4 heteroatoms. The normalized spacial score (nSPS) is 10.6. The maximum atomic E-state index is 12.2. The molecule has 2 aromatic heterocycles. The Balaban J connectivity index is 1.98. The fourth-order valence-corrected chi connectivity index (χ4v) is 2.82. The van der Waals surface area contributed by atoms with E-state index < -0.39 is 0 Å². The molecule has 1 aromatic carbocycles. The number of fused-ring (bicyclic) bond motifs is 1. The molecule has 3 aromatic rings. The maximum Gasteiger partial charge on any atom is 0.266 e. The first kappa shape index (κ1) is 11.9. The molecule has 0 atom stereocenters. The lowest BCUT2D eigenvalue weighted by atomic mass is 10.2. The zero-order valence-electron chi connectivity index (χ0n) is 10.4. The van der Waals surface area contributed by atoms with E-state index in [1.54, 1.807) is 6.20 Å². The van der Waals surface area contributed by atoms with Crippen molar-refractivity contribution in [3.05, 3.63) is 58.4 Å². The fourth-order valence-electron chi connectivity index (χ4n) is 2.00. The number of carbonyl (C=O) groups is 1. The van der Waals surface area contributed by atoms with Gasteiger partial charge in [-0.2, -0.15) is 0 Å². The van der Waals surface area contributed by atoms with Crippen LogP contribution in [-0.2, 0) is 0 Å². The highest BCUT2D eigenvalue weighted by Gasteiger charge is 2.11. The van der Waals surface area contributed by atoms with Crippen molar-refractivity contribution < 1.29 is 4.79 Å². The highest BCUT2D eigenvalue weighted by atomic mass is 32.1. The minimum Gasteiger partial charge on any atom is -0.321 e. The SMILES string of the molecule is Cc1ccsc1C(=O)Nc1cccc2ncccc12. The highest BCUT2D eigenvalue weighted by Crippen LogP contribution is 2.23. The van der Waals surface area contributed by atoms with Crippen molar-refractivity contribution in [1.29, 1.82) is 0 Å². The van der Waals surface area contributed by atoms with Gasteiger partial charge in [-0.25, -0.2) is 0 Å². The largest absolute Gasteiger partial charge is 0.321 e. The molecule has 94 valence electrons. The predicted molar refractivity (Wildman–Crippen MR) is 78.8 cm³/mol. The molecule has 0 saturated heterocycles. The second-order valence-corrected chi connectivity index (χ2v) is 5.18. The Kier molecular flexibility index (Phi) is 3.01. The van der Waals surface area contributed by atoms with Crippen LogP contribution in [0.25, 0.3) is 10.9 Å². The third kappa shape index (κ3) is 2.22. The number of aromatic nitrogens is 1. The van der Waals surface area contributed by atoms with Crippen LogP contribution in [0.5, 0.6) is 0 Å². The Labute approximate surface area is 114 Å². The second kappa shape index (κ2) is 4.82. The van der Waals surface area contributed by atoms with Gasteiger partial charge >= 0.3 is 0 Å². The van der Waals surface area contributed by atoms with Gasteiger partial charge in [-0.1, -0.05) is 6.07 Å².